The molecule has 0 aliphatic carbocycles. The van der Waals surface area contributed by atoms with E-state index < -0.39 is 0 Å². The Morgan fingerprint density at radius 2 is 1.86 bits per heavy atom. The van der Waals surface area contributed by atoms with Gasteiger partial charge in [0, 0.05) is 17.8 Å². The van der Waals surface area contributed by atoms with E-state index in [4.69, 9.17) is 9.47 Å². The summed E-state index contributed by atoms with van der Waals surface area (Å²) in [6, 6.07) is 13.3. The third-order valence-corrected chi connectivity index (χ3v) is 3.14. The minimum atomic E-state index is -0.186. The number of hydrogen-bond donors (Lipinski definition) is 1. The van der Waals surface area contributed by atoms with Gasteiger partial charge in [0.15, 0.2) is 11.5 Å². The average molecular weight is 281 g/mol. The summed E-state index contributed by atoms with van der Waals surface area (Å²) < 4.78 is 10.5. The van der Waals surface area contributed by atoms with Gasteiger partial charge in [-0.25, -0.2) is 0 Å². The number of amides is 1. The fraction of sp³-hybridized carbons (Fsp3) is 0.118. The zero-order valence-electron chi connectivity index (χ0n) is 11.6. The van der Waals surface area contributed by atoms with Gasteiger partial charge in [0.1, 0.15) is 0 Å². The molecule has 21 heavy (non-hydrogen) atoms. The molecule has 1 aliphatic rings. The lowest BCUT2D eigenvalue weighted by atomic mass is 10.1. The van der Waals surface area contributed by atoms with E-state index in [1.54, 1.807) is 24.3 Å². The molecule has 0 saturated carbocycles. The molecule has 0 saturated heterocycles. The van der Waals surface area contributed by atoms with Gasteiger partial charge in [-0.3, -0.25) is 4.79 Å². The molecular weight excluding hydrogens is 266 g/mol. The van der Waals surface area contributed by atoms with Gasteiger partial charge in [-0.1, -0.05) is 29.8 Å². The fourth-order valence-electron chi connectivity index (χ4n) is 2.01. The van der Waals surface area contributed by atoms with Crippen LogP contribution in [0.15, 0.2) is 48.5 Å². The van der Waals surface area contributed by atoms with Gasteiger partial charge in [-0.15, -0.1) is 0 Å². The molecular formula is C17H15NO3. The van der Waals surface area contributed by atoms with E-state index in [2.05, 4.69) is 5.32 Å². The first-order valence-corrected chi connectivity index (χ1v) is 6.66. The first-order chi connectivity index (χ1) is 10.2. The van der Waals surface area contributed by atoms with E-state index in [1.807, 2.05) is 31.2 Å². The molecule has 0 fully saturated rings. The van der Waals surface area contributed by atoms with Gasteiger partial charge in [-0.2, -0.15) is 0 Å². The number of aryl methyl sites for hydroxylation is 1. The molecule has 4 nitrogen and oxygen atoms in total. The maximum absolute atomic E-state index is 11.9. The minimum absolute atomic E-state index is 0.186. The van der Waals surface area contributed by atoms with E-state index in [1.165, 1.54) is 11.6 Å². The molecule has 2 aromatic rings. The number of benzene rings is 2. The predicted molar refractivity (Wildman–Crippen MR) is 81.4 cm³/mol. The summed E-state index contributed by atoms with van der Waals surface area (Å²) in [5.41, 5.74) is 2.86. The van der Waals surface area contributed by atoms with Crippen LogP contribution in [0, 0.1) is 6.92 Å². The summed E-state index contributed by atoms with van der Waals surface area (Å²) in [6.07, 6.45) is 3.29. The highest BCUT2D eigenvalue weighted by atomic mass is 16.7. The zero-order valence-corrected chi connectivity index (χ0v) is 11.6. The first kappa shape index (κ1) is 13.2. The first-order valence-electron chi connectivity index (χ1n) is 6.66. The Labute approximate surface area is 123 Å². The second-order valence-corrected chi connectivity index (χ2v) is 4.80. The lowest BCUT2D eigenvalue weighted by Crippen LogP contribution is -2.07. The number of carbonyl (C=O) groups is 1. The van der Waals surface area contributed by atoms with Gasteiger partial charge in [0.25, 0.3) is 0 Å². The van der Waals surface area contributed by atoms with E-state index in [0.29, 0.717) is 17.2 Å². The quantitative estimate of drug-likeness (QED) is 0.877. The van der Waals surface area contributed by atoms with Crippen molar-refractivity contribution in [1.82, 2.24) is 0 Å². The topological polar surface area (TPSA) is 47.6 Å². The van der Waals surface area contributed by atoms with Crippen LogP contribution in [0.2, 0.25) is 0 Å². The van der Waals surface area contributed by atoms with Crippen molar-refractivity contribution >= 4 is 17.7 Å². The molecule has 4 heteroatoms. The lowest BCUT2D eigenvalue weighted by molar-refractivity contribution is -0.111. The molecule has 1 N–H and O–H groups in total. The summed E-state index contributed by atoms with van der Waals surface area (Å²) >= 11 is 0. The Kier molecular flexibility index (Phi) is 3.60. The van der Waals surface area contributed by atoms with Crippen molar-refractivity contribution in [3.8, 4) is 11.5 Å². The number of nitrogens with one attached hydrogen (secondary N) is 1. The monoisotopic (exact) mass is 281 g/mol. The molecule has 0 spiro atoms. The Bertz CT molecular complexity index is 690. The molecule has 0 bridgehead atoms. The van der Waals surface area contributed by atoms with Crippen LogP contribution in [-0.4, -0.2) is 12.7 Å². The van der Waals surface area contributed by atoms with Crippen LogP contribution in [0.5, 0.6) is 11.5 Å². The van der Waals surface area contributed by atoms with E-state index in [-0.39, 0.29) is 12.7 Å². The van der Waals surface area contributed by atoms with Gasteiger partial charge >= 0.3 is 0 Å². The molecule has 0 atom stereocenters. The van der Waals surface area contributed by atoms with Crippen LogP contribution < -0.4 is 14.8 Å². The molecule has 106 valence electrons. The van der Waals surface area contributed by atoms with Crippen molar-refractivity contribution in [2.45, 2.75) is 6.92 Å². The van der Waals surface area contributed by atoms with Gasteiger partial charge < -0.3 is 14.8 Å². The third kappa shape index (κ3) is 3.23. The Morgan fingerprint density at radius 1 is 1.10 bits per heavy atom. The van der Waals surface area contributed by atoms with Crippen LogP contribution in [-0.2, 0) is 4.79 Å². The normalized spacial score (nSPS) is 12.6. The third-order valence-electron chi connectivity index (χ3n) is 3.14. The van der Waals surface area contributed by atoms with Crippen molar-refractivity contribution in [3.05, 3.63) is 59.7 Å². The summed E-state index contributed by atoms with van der Waals surface area (Å²) in [7, 11) is 0. The largest absolute Gasteiger partial charge is 0.454 e. The number of ether oxygens (including phenoxy) is 2. The molecule has 1 heterocycles. The van der Waals surface area contributed by atoms with Crippen molar-refractivity contribution in [3.63, 3.8) is 0 Å². The summed E-state index contributed by atoms with van der Waals surface area (Å²) in [6.45, 7) is 2.25. The highest BCUT2D eigenvalue weighted by Crippen LogP contribution is 2.34. The summed E-state index contributed by atoms with van der Waals surface area (Å²) in [5, 5.41) is 2.79. The standard InChI is InChI=1S/C17H15NO3/c1-12-2-4-13(5-3-12)6-9-17(19)18-14-7-8-15-16(10-14)21-11-20-15/h2-10H,11H2,1H3,(H,18,19). The van der Waals surface area contributed by atoms with E-state index in [0.717, 1.165) is 5.56 Å². The van der Waals surface area contributed by atoms with Crippen LogP contribution in [0.3, 0.4) is 0 Å². The maximum atomic E-state index is 11.9. The second-order valence-electron chi connectivity index (χ2n) is 4.80. The van der Waals surface area contributed by atoms with Crippen molar-refractivity contribution in [2.75, 3.05) is 12.1 Å². The average Bonchev–Trinajstić information content (AvgIpc) is 2.94. The van der Waals surface area contributed by atoms with Gasteiger partial charge in [0.05, 0.1) is 0 Å². The zero-order chi connectivity index (χ0) is 14.7. The van der Waals surface area contributed by atoms with Crippen LogP contribution in [0.1, 0.15) is 11.1 Å². The Hall–Kier alpha value is -2.75. The second kappa shape index (κ2) is 5.71. The van der Waals surface area contributed by atoms with Crippen LogP contribution >= 0.6 is 0 Å². The number of fused-ring (bicyclic) bond motifs is 1. The molecule has 3 rings (SSSR count). The van der Waals surface area contributed by atoms with Gasteiger partial charge in [0.2, 0.25) is 12.7 Å². The minimum Gasteiger partial charge on any atom is -0.454 e. The smallest absolute Gasteiger partial charge is 0.248 e. The number of carbonyl (C=O) groups excluding carboxylic acids is 1. The van der Waals surface area contributed by atoms with E-state index in [9.17, 15) is 4.79 Å². The van der Waals surface area contributed by atoms with Crippen molar-refractivity contribution in [2.24, 2.45) is 0 Å². The van der Waals surface area contributed by atoms with E-state index >= 15 is 0 Å². The Morgan fingerprint density at radius 3 is 2.67 bits per heavy atom. The number of anilines is 1. The maximum Gasteiger partial charge on any atom is 0.248 e. The summed E-state index contributed by atoms with van der Waals surface area (Å²) in [4.78, 5) is 11.9. The van der Waals surface area contributed by atoms with Crippen molar-refractivity contribution in [1.29, 1.82) is 0 Å². The van der Waals surface area contributed by atoms with Crippen molar-refractivity contribution < 1.29 is 14.3 Å². The molecule has 1 amide bonds. The molecule has 0 radical (unpaired) electrons. The molecule has 0 aromatic heterocycles. The number of hydrogen-bond acceptors (Lipinski definition) is 3. The highest BCUT2D eigenvalue weighted by Gasteiger charge is 2.13. The number of rotatable bonds is 3. The molecule has 0 unspecified atom stereocenters. The van der Waals surface area contributed by atoms with Crippen LogP contribution in [0.4, 0.5) is 5.69 Å². The predicted octanol–water partition coefficient (Wildman–Crippen LogP) is 3.38. The SMILES string of the molecule is Cc1ccc(C=CC(=O)Nc2ccc3c(c2)OCO3)cc1. The Balaban J connectivity index is 1.65. The van der Waals surface area contributed by atoms with Gasteiger partial charge in [-0.05, 0) is 30.7 Å². The highest BCUT2D eigenvalue weighted by molar-refractivity contribution is 6.02. The van der Waals surface area contributed by atoms with Crippen LogP contribution in [0.25, 0.3) is 6.08 Å². The fourth-order valence-corrected chi connectivity index (χ4v) is 2.01. The summed E-state index contributed by atoms with van der Waals surface area (Å²) in [5.74, 6) is 1.16. The molecule has 1 aliphatic heterocycles. The molecule has 2 aromatic carbocycles. The lowest BCUT2D eigenvalue weighted by Gasteiger charge is -2.03.